The van der Waals surface area contributed by atoms with Gasteiger partial charge in [-0.2, -0.15) is 0 Å². The lowest BCUT2D eigenvalue weighted by Gasteiger charge is -2.25. The Morgan fingerprint density at radius 3 is 2.25 bits per heavy atom. The van der Waals surface area contributed by atoms with Crippen LogP contribution in [0.3, 0.4) is 0 Å². The summed E-state index contributed by atoms with van der Waals surface area (Å²) in [6, 6.07) is 7.84. The molecule has 0 aromatic heterocycles. The maximum absolute atomic E-state index is 12.2. The van der Waals surface area contributed by atoms with Gasteiger partial charge >= 0.3 is 11.9 Å². The molecule has 3 N–H and O–H groups in total. The van der Waals surface area contributed by atoms with Gasteiger partial charge in [0.15, 0.2) is 0 Å². The minimum absolute atomic E-state index is 0.00819. The molecule has 110 valence electrons. The van der Waals surface area contributed by atoms with Crippen molar-refractivity contribution in [2.45, 2.75) is 44.8 Å². The van der Waals surface area contributed by atoms with Gasteiger partial charge in [-0.1, -0.05) is 30.3 Å². The molecule has 0 spiro atoms. The lowest BCUT2D eigenvalue weighted by molar-refractivity contribution is -0.157. The Labute approximate surface area is 118 Å². The number of ether oxygens (including phenoxy) is 1. The lowest BCUT2D eigenvalue weighted by atomic mass is 9.92. The number of esters is 1. The van der Waals surface area contributed by atoms with Gasteiger partial charge in [0.1, 0.15) is 11.6 Å². The fourth-order valence-corrected chi connectivity index (χ4v) is 1.78. The number of carboxylic acids is 1. The van der Waals surface area contributed by atoms with Gasteiger partial charge in [0.05, 0.1) is 5.92 Å². The van der Waals surface area contributed by atoms with E-state index in [1.54, 1.807) is 45.0 Å². The number of hydrogen-bond acceptors (Lipinski definition) is 4. The molecule has 1 aromatic rings. The van der Waals surface area contributed by atoms with Gasteiger partial charge in [0, 0.05) is 0 Å². The van der Waals surface area contributed by atoms with Crippen LogP contribution in [0.5, 0.6) is 0 Å². The highest BCUT2D eigenvalue weighted by Crippen LogP contribution is 2.25. The first kappa shape index (κ1) is 16.2. The number of aliphatic carboxylic acids is 1. The SMILES string of the molecule is CC(C)(C)OC(=O)C(C[C@H](N)C(=O)O)c1ccccc1. The Morgan fingerprint density at radius 2 is 1.80 bits per heavy atom. The van der Waals surface area contributed by atoms with Crippen molar-refractivity contribution >= 4 is 11.9 Å². The number of carbonyl (C=O) groups is 2. The van der Waals surface area contributed by atoms with Gasteiger partial charge in [0.25, 0.3) is 0 Å². The zero-order chi connectivity index (χ0) is 15.3. The Bertz CT molecular complexity index is 465. The highest BCUT2D eigenvalue weighted by atomic mass is 16.6. The van der Waals surface area contributed by atoms with Crippen molar-refractivity contribution in [1.29, 1.82) is 0 Å². The van der Waals surface area contributed by atoms with Crippen molar-refractivity contribution in [3.8, 4) is 0 Å². The summed E-state index contributed by atoms with van der Waals surface area (Å²) in [5.74, 6) is -2.27. The third-order valence-electron chi connectivity index (χ3n) is 2.70. The van der Waals surface area contributed by atoms with Gasteiger partial charge in [-0.15, -0.1) is 0 Å². The van der Waals surface area contributed by atoms with E-state index in [4.69, 9.17) is 15.6 Å². The van der Waals surface area contributed by atoms with Crippen LogP contribution in [0.15, 0.2) is 30.3 Å². The smallest absolute Gasteiger partial charge is 0.320 e. The lowest BCUT2D eigenvalue weighted by Crippen LogP contribution is -2.36. The molecular weight excluding hydrogens is 258 g/mol. The summed E-state index contributed by atoms with van der Waals surface area (Å²) in [5.41, 5.74) is 5.63. The first-order chi connectivity index (χ1) is 9.20. The van der Waals surface area contributed by atoms with Crippen molar-refractivity contribution in [3.05, 3.63) is 35.9 Å². The summed E-state index contributed by atoms with van der Waals surface area (Å²) in [5, 5.41) is 8.92. The summed E-state index contributed by atoms with van der Waals surface area (Å²) < 4.78 is 5.35. The van der Waals surface area contributed by atoms with E-state index in [1.807, 2.05) is 6.07 Å². The normalized spacial score (nSPS) is 14.4. The summed E-state index contributed by atoms with van der Waals surface area (Å²) >= 11 is 0. The Balaban J connectivity index is 2.96. The highest BCUT2D eigenvalue weighted by molar-refractivity contribution is 5.80. The van der Waals surface area contributed by atoms with Gasteiger partial charge in [0.2, 0.25) is 0 Å². The molecule has 0 aliphatic rings. The van der Waals surface area contributed by atoms with E-state index in [0.29, 0.717) is 5.56 Å². The number of hydrogen-bond donors (Lipinski definition) is 2. The summed E-state index contributed by atoms with van der Waals surface area (Å²) in [6.45, 7) is 5.30. The van der Waals surface area contributed by atoms with Crippen LogP contribution in [0, 0.1) is 0 Å². The highest BCUT2D eigenvalue weighted by Gasteiger charge is 2.30. The molecule has 1 unspecified atom stereocenters. The monoisotopic (exact) mass is 279 g/mol. The van der Waals surface area contributed by atoms with Crippen molar-refractivity contribution in [1.82, 2.24) is 0 Å². The Morgan fingerprint density at radius 1 is 1.25 bits per heavy atom. The van der Waals surface area contributed by atoms with E-state index in [2.05, 4.69) is 0 Å². The second-order valence-electron chi connectivity index (χ2n) is 5.68. The van der Waals surface area contributed by atoms with E-state index in [0.717, 1.165) is 0 Å². The van der Waals surface area contributed by atoms with E-state index in [9.17, 15) is 9.59 Å². The van der Waals surface area contributed by atoms with E-state index >= 15 is 0 Å². The Hall–Kier alpha value is -1.88. The molecule has 5 heteroatoms. The maximum atomic E-state index is 12.2. The molecule has 0 heterocycles. The van der Waals surface area contributed by atoms with Crippen molar-refractivity contribution in [2.24, 2.45) is 5.73 Å². The molecule has 0 aliphatic carbocycles. The minimum Gasteiger partial charge on any atom is -0.480 e. The van der Waals surface area contributed by atoms with Crippen LogP contribution in [-0.4, -0.2) is 28.7 Å². The van der Waals surface area contributed by atoms with Gasteiger partial charge in [-0.05, 0) is 32.8 Å². The summed E-state index contributed by atoms with van der Waals surface area (Å²) in [4.78, 5) is 23.1. The minimum atomic E-state index is -1.13. The third-order valence-corrected chi connectivity index (χ3v) is 2.70. The molecule has 0 aliphatic heterocycles. The van der Waals surface area contributed by atoms with Crippen LogP contribution in [0.25, 0.3) is 0 Å². The first-order valence-electron chi connectivity index (χ1n) is 6.47. The summed E-state index contributed by atoms with van der Waals surface area (Å²) in [7, 11) is 0. The molecule has 2 atom stereocenters. The molecule has 0 radical (unpaired) electrons. The third kappa shape index (κ3) is 5.01. The standard InChI is InChI=1S/C15H21NO4/c1-15(2,3)20-14(19)11(9-12(16)13(17)18)10-7-5-4-6-8-10/h4-8,11-12H,9,16H2,1-3H3,(H,17,18)/t11?,12-/m0/s1. The second kappa shape index (κ2) is 6.52. The van der Waals surface area contributed by atoms with Gasteiger partial charge in [-0.25, -0.2) is 0 Å². The number of benzene rings is 1. The first-order valence-corrected chi connectivity index (χ1v) is 6.47. The molecule has 0 saturated heterocycles. The van der Waals surface area contributed by atoms with Crippen LogP contribution in [0.2, 0.25) is 0 Å². The van der Waals surface area contributed by atoms with Crippen LogP contribution in [-0.2, 0) is 14.3 Å². The maximum Gasteiger partial charge on any atom is 0.320 e. The molecule has 0 fully saturated rings. The second-order valence-corrected chi connectivity index (χ2v) is 5.68. The number of carboxylic acid groups (broad SMARTS) is 1. The average molecular weight is 279 g/mol. The zero-order valence-corrected chi connectivity index (χ0v) is 12.0. The van der Waals surface area contributed by atoms with Crippen molar-refractivity contribution in [3.63, 3.8) is 0 Å². The molecule has 0 amide bonds. The quantitative estimate of drug-likeness (QED) is 0.804. The topological polar surface area (TPSA) is 89.6 Å². The molecule has 1 aromatic carbocycles. The fourth-order valence-electron chi connectivity index (χ4n) is 1.78. The largest absolute Gasteiger partial charge is 0.480 e. The van der Waals surface area contributed by atoms with Crippen LogP contribution in [0.4, 0.5) is 0 Å². The van der Waals surface area contributed by atoms with E-state index in [1.165, 1.54) is 0 Å². The molecular formula is C15H21NO4. The molecule has 0 saturated carbocycles. The number of rotatable bonds is 5. The van der Waals surface area contributed by atoms with Crippen LogP contribution >= 0.6 is 0 Å². The molecule has 0 bridgehead atoms. The zero-order valence-electron chi connectivity index (χ0n) is 12.0. The molecule has 20 heavy (non-hydrogen) atoms. The molecule has 1 rings (SSSR count). The summed E-state index contributed by atoms with van der Waals surface area (Å²) in [6.07, 6.45) is 0.00819. The van der Waals surface area contributed by atoms with Crippen LogP contribution in [0.1, 0.15) is 38.7 Å². The van der Waals surface area contributed by atoms with E-state index < -0.39 is 29.5 Å². The predicted octanol–water partition coefficient (Wildman–Crippen LogP) is 1.91. The fraction of sp³-hybridized carbons (Fsp3) is 0.467. The van der Waals surface area contributed by atoms with Gasteiger partial charge < -0.3 is 15.6 Å². The predicted molar refractivity (Wildman–Crippen MR) is 75.3 cm³/mol. The van der Waals surface area contributed by atoms with E-state index in [-0.39, 0.29) is 6.42 Å². The number of nitrogens with two attached hydrogens (primary N) is 1. The molecule has 5 nitrogen and oxygen atoms in total. The van der Waals surface area contributed by atoms with Crippen LogP contribution < -0.4 is 5.73 Å². The van der Waals surface area contributed by atoms with Crippen molar-refractivity contribution in [2.75, 3.05) is 0 Å². The average Bonchev–Trinajstić information content (AvgIpc) is 2.34. The Kier molecular flexibility index (Phi) is 5.27. The van der Waals surface area contributed by atoms with Gasteiger partial charge in [-0.3, -0.25) is 9.59 Å². The number of carbonyl (C=O) groups excluding carboxylic acids is 1. The van der Waals surface area contributed by atoms with Crippen molar-refractivity contribution < 1.29 is 19.4 Å².